The van der Waals surface area contributed by atoms with Crippen LogP contribution in [0.5, 0.6) is 0 Å². The van der Waals surface area contributed by atoms with Gasteiger partial charge in [0.1, 0.15) is 0 Å². The molecule has 0 aliphatic carbocycles. The average Bonchev–Trinajstić information content (AvgIpc) is 2.10. The van der Waals surface area contributed by atoms with Crippen molar-refractivity contribution in [2.24, 2.45) is 5.73 Å². The van der Waals surface area contributed by atoms with Crippen molar-refractivity contribution in [2.75, 3.05) is 6.54 Å². The molecule has 3 N–H and O–H groups in total. The topological polar surface area (TPSA) is 46.2 Å². The van der Waals surface area contributed by atoms with Crippen molar-refractivity contribution in [3.8, 4) is 0 Å². The van der Waals surface area contributed by atoms with Crippen molar-refractivity contribution < 1.29 is 13.9 Å². The monoisotopic (exact) mass is 187 g/mol. The molecule has 0 aliphatic heterocycles. The van der Waals surface area contributed by atoms with Crippen molar-refractivity contribution in [2.45, 2.75) is 12.5 Å². The Labute approximate surface area is 75.0 Å². The number of hydrogen-bond donors (Lipinski definition) is 2. The van der Waals surface area contributed by atoms with E-state index in [-0.39, 0.29) is 0 Å². The minimum absolute atomic E-state index is 0.306. The maximum absolute atomic E-state index is 12.7. The highest BCUT2D eigenvalue weighted by Crippen LogP contribution is 2.18. The van der Waals surface area contributed by atoms with Gasteiger partial charge in [-0.05, 0) is 30.7 Å². The second-order valence-electron chi connectivity index (χ2n) is 2.77. The lowest BCUT2D eigenvalue weighted by molar-refractivity contribution is 0.169. The Balaban J connectivity index is 2.84. The van der Waals surface area contributed by atoms with Gasteiger partial charge in [0.05, 0.1) is 6.10 Å². The zero-order valence-electron chi connectivity index (χ0n) is 7.00. The van der Waals surface area contributed by atoms with Crippen LogP contribution < -0.4 is 5.73 Å². The summed E-state index contributed by atoms with van der Waals surface area (Å²) in [6, 6.07) is 3.32. The molecule has 0 spiro atoms. The number of aliphatic hydroxyl groups excluding tert-OH is 1. The molecule has 1 aromatic rings. The predicted molar refractivity (Wildman–Crippen MR) is 45.0 cm³/mol. The highest BCUT2D eigenvalue weighted by molar-refractivity contribution is 5.19. The van der Waals surface area contributed by atoms with Crippen molar-refractivity contribution >= 4 is 0 Å². The lowest BCUT2D eigenvalue weighted by Gasteiger charge is -2.09. The third-order valence-corrected chi connectivity index (χ3v) is 1.77. The Bertz CT molecular complexity index is 291. The Morgan fingerprint density at radius 1 is 1.31 bits per heavy atom. The van der Waals surface area contributed by atoms with Gasteiger partial charge in [-0.2, -0.15) is 0 Å². The molecule has 4 heteroatoms. The summed E-state index contributed by atoms with van der Waals surface area (Å²) in [6.07, 6.45) is -0.481. The molecule has 1 rings (SSSR count). The van der Waals surface area contributed by atoms with Crippen LogP contribution in [0.1, 0.15) is 18.1 Å². The fourth-order valence-electron chi connectivity index (χ4n) is 1.04. The van der Waals surface area contributed by atoms with Gasteiger partial charge in [-0.3, -0.25) is 0 Å². The Hall–Kier alpha value is -1.00. The molecule has 13 heavy (non-hydrogen) atoms. The van der Waals surface area contributed by atoms with Gasteiger partial charge < -0.3 is 10.8 Å². The van der Waals surface area contributed by atoms with Gasteiger partial charge >= 0.3 is 0 Å². The van der Waals surface area contributed by atoms with Gasteiger partial charge in [-0.15, -0.1) is 0 Å². The van der Waals surface area contributed by atoms with Gasteiger partial charge in [-0.1, -0.05) is 6.07 Å². The second kappa shape index (κ2) is 4.30. The molecule has 0 aliphatic rings. The summed E-state index contributed by atoms with van der Waals surface area (Å²) in [6.45, 7) is 0.306. The van der Waals surface area contributed by atoms with Crippen LogP contribution >= 0.6 is 0 Å². The molecule has 0 unspecified atom stereocenters. The smallest absolute Gasteiger partial charge is 0.159 e. The van der Waals surface area contributed by atoms with Crippen LogP contribution in [0.2, 0.25) is 0 Å². The predicted octanol–water partition coefficient (Wildman–Crippen LogP) is 1.35. The van der Waals surface area contributed by atoms with Crippen molar-refractivity contribution in [3.63, 3.8) is 0 Å². The fraction of sp³-hybridized carbons (Fsp3) is 0.333. The van der Waals surface area contributed by atoms with Gasteiger partial charge in [0.15, 0.2) is 11.6 Å². The van der Waals surface area contributed by atoms with E-state index in [0.29, 0.717) is 18.5 Å². The van der Waals surface area contributed by atoms with E-state index in [1.165, 1.54) is 6.07 Å². The molecule has 0 heterocycles. The summed E-state index contributed by atoms with van der Waals surface area (Å²) in [5.74, 6) is -1.86. The van der Waals surface area contributed by atoms with Crippen molar-refractivity contribution in [1.29, 1.82) is 0 Å². The van der Waals surface area contributed by atoms with E-state index < -0.39 is 17.7 Å². The van der Waals surface area contributed by atoms with E-state index in [0.717, 1.165) is 12.1 Å². The molecule has 1 aromatic carbocycles. The zero-order chi connectivity index (χ0) is 9.84. The summed E-state index contributed by atoms with van der Waals surface area (Å²) in [5.41, 5.74) is 5.56. The third-order valence-electron chi connectivity index (χ3n) is 1.77. The number of nitrogens with two attached hydrogens (primary N) is 1. The van der Waals surface area contributed by atoms with E-state index in [2.05, 4.69) is 0 Å². The first kappa shape index (κ1) is 10.1. The van der Waals surface area contributed by atoms with Crippen LogP contribution in [0.25, 0.3) is 0 Å². The lowest BCUT2D eigenvalue weighted by Crippen LogP contribution is -2.07. The molecule has 0 bridgehead atoms. The van der Waals surface area contributed by atoms with Gasteiger partial charge in [0.2, 0.25) is 0 Å². The van der Waals surface area contributed by atoms with Crippen molar-refractivity contribution in [3.05, 3.63) is 35.4 Å². The van der Waals surface area contributed by atoms with E-state index in [4.69, 9.17) is 5.73 Å². The fourth-order valence-corrected chi connectivity index (χ4v) is 1.04. The van der Waals surface area contributed by atoms with Crippen LogP contribution in [-0.4, -0.2) is 11.7 Å². The van der Waals surface area contributed by atoms with E-state index in [1.807, 2.05) is 0 Å². The van der Waals surface area contributed by atoms with E-state index in [9.17, 15) is 13.9 Å². The Morgan fingerprint density at radius 3 is 2.54 bits per heavy atom. The number of benzene rings is 1. The molecule has 0 saturated carbocycles. The molecule has 1 atom stereocenters. The summed E-state index contributed by atoms with van der Waals surface area (Å²) >= 11 is 0. The second-order valence-corrected chi connectivity index (χ2v) is 2.77. The molecule has 0 fully saturated rings. The molecule has 0 aromatic heterocycles. The molecular weight excluding hydrogens is 176 g/mol. The normalized spacial score (nSPS) is 12.9. The molecule has 0 radical (unpaired) electrons. The number of halogens is 2. The van der Waals surface area contributed by atoms with Gasteiger partial charge in [0.25, 0.3) is 0 Å². The van der Waals surface area contributed by atoms with Gasteiger partial charge in [0, 0.05) is 0 Å². The van der Waals surface area contributed by atoms with E-state index >= 15 is 0 Å². The van der Waals surface area contributed by atoms with Gasteiger partial charge in [-0.25, -0.2) is 8.78 Å². The first-order valence-corrected chi connectivity index (χ1v) is 3.98. The van der Waals surface area contributed by atoms with Crippen LogP contribution in [0.15, 0.2) is 18.2 Å². The first-order valence-electron chi connectivity index (χ1n) is 3.98. The maximum Gasteiger partial charge on any atom is 0.159 e. The van der Waals surface area contributed by atoms with Crippen LogP contribution in [0.3, 0.4) is 0 Å². The number of aliphatic hydroxyl groups is 1. The molecule has 0 amide bonds. The maximum atomic E-state index is 12.7. The van der Waals surface area contributed by atoms with Crippen molar-refractivity contribution in [1.82, 2.24) is 0 Å². The summed E-state index contributed by atoms with van der Waals surface area (Å²) < 4.78 is 25.1. The summed E-state index contributed by atoms with van der Waals surface area (Å²) in [5, 5.41) is 9.37. The molecule has 72 valence electrons. The molecular formula is C9H11F2NO. The van der Waals surface area contributed by atoms with Crippen LogP contribution in [-0.2, 0) is 0 Å². The largest absolute Gasteiger partial charge is 0.388 e. The minimum Gasteiger partial charge on any atom is -0.388 e. The first-order chi connectivity index (χ1) is 6.15. The number of rotatable bonds is 3. The Morgan fingerprint density at radius 2 is 2.00 bits per heavy atom. The summed E-state index contributed by atoms with van der Waals surface area (Å²) in [7, 11) is 0. The van der Waals surface area contributed by atoms with Crippen LogP contribution in [0, 0.1) is 11.6 Å². The standard InChI is InChI=1S/C9H11F2NO/c10-7-2-1-6(5-8(7)11)9(13)3-4-12/h1-2,5,9,13H,3-4,12H2/t9-/m0/s1. The Kier molecular flexibility index (Phi) is 3.33. The third kappa shape index (κ3) is 2.47. The summed E-state index contributed by atoms with van der Waals surface area (Å²) in [4.78, 5) is 0. The SMILES string of the molecule is NCC[C@H](O)c1ccc(F)c(F)c1. The van der Waals surface area contributed by atoms with E-state index in [1.54, 1.807) is 0 Å². The zero-order valence-corrected chi connectivity index (χ0v) is 7.00. The number of hydrogen-bond acceptors (Lipinski definition) is 2. The lowest BCUT2D eigenvalue weighted by atomic mass is 10.1. The average molecular weight is 187 g/mol. The highest BCUT2D eigenvalue weighted by atomic mass is 19.2. The highest BCUT2D eigenvalue weighted by Gasteiger charge is 2.09. The molecule has 2 nitrogen and oxygen atoms in total. The quantitative estimate of drug-likeness (QED) is 0.750. The molecule has 0 saturated heterocycles. The minimum atomic E-state index is -0.950. The van der Waals surface area contributed by atoms with Crippen LogP contribution in [0.4, 0.5) is 8.78 Å².